The molecule has 0 aromatic heterocycles. The fourth-order valence-electron chi connectivity index (χ4n) is 4.51. The van der Waals surface area contributed by atoms with Crippen molar-refractivity contribution in [1.29, 1.82) is 0 Å². The van der Waals surface area contributed by atoms with Crippen molar-refractivity contribution in [3.8, 4) is 0 Å². The van der Waals surface area contributed by atoms with Crippen molar-refractivity contribution in [2.45, 2.75) is 43.9 Å². The molecule has 1 aromatic carbocycles. The molecule has 2 aliphatic heterocycles. The van der Waals surface area contributed by atoms with E-state index in [0.717, 1.165) is 57.7 Å². The zero-order valence-electron chi connectivity index (χ0n) is 15.9. The van der Waals surface area contributed by atoms with Gasteiger partial charge in [-0.05, 0) is 44.0 Å². The third-order valence-corrected chi connectivity index (χ3v) is 6.08. The first-order valence-corrected chi connectivity index (χ1v) is 9.96. The number of guanidine groups is 1. The Hall–Kier alpha value is -1.86. The lowest BCUT2D eigenvalue weighted by Gasteiger charge is -2.50. The van der Waals surface area contributed by atoms with Gasteiger partial charge < -0.3 is 25.0 Å². The zero-order valence-corrected chi connectivity index (χ0v) is 15.9. The molecule has 3 fully saturated rings. The lowest BCUT2D eigenvalue weighted by molar-refractivity contribution is -0.189. The molecule has 1 spiro atoms. The molecular formula is C20H29FN4O2. The van der Waals surface area contributed by atoms with E-state index in [1.165, 1.54) is 12.1 Å². The van der Waals surface area contributed by atoms with Crippen molar-refractivity contribution in [1.82, 2.24) is 4.90 Å². The van der Waals surface area contributed by atoms with E-state index in [0.29, 0.717) is 12.6 Å². The van der Waals surface area contributed by atoms with Gasteiger partial charge in [0, 0.05) is 51.5 Å². The summed E-state index contributed by atoms with van der Waals surface area (Å²) < 4.78 is 25.0. The summed E-state index contributed by atoms with van der Waals surface area (Å²) in [6.45, 7) is 6.81. The average Bonchev–Trinajstić information content (AvgIpc) is 3.21. The van der Waals surface area contributed by atoms with Gasteiger partial charge in [-0.25, -0.2) is 9.38 Å². The van der Waals surface area contributed by atoms with E-state index >= 15 is 0 Å². The highest BCUT2D eigenvalue weighted by Gasteiger charge is 2.59. The fourth-order valence-corrected chi connectivity index (χ4v) is 4.51. The molecule has 0 bridgehead atoms. The first kappa shape index (κ1) is 18.5. The smallest absolute Gasteiger partial charge is 0.191 e. The summed E-state index contributed by atoms with van der Waals surface area (Å²) in [4.78, 5) is 9.22. The molecule has 2 N–H and O–H groups in total. The predicted molar refractivity (Wildman–Crippen MR) is 104 cm³/mol. The summed E-state index contributed by atoms with van der Waals surface area (Å²) in [5.41, 5.74) is 7.12. The van der Waals surface area contributed by atoms with E-state index in [-0.39, 0.29) is 23.6 Å². The van der Waals surface area contributed by atoms with Gasteiger partial charge >= 0.3 is 0 Å². The molecule has 3 atom stereocenters. The molecule has 3 aliphatic rings. The molecule has 0 radical (unpaired) electrons. The van der Waals surface area contributed by atoms with Crippen LogP contribution in [0.1, 0.15) is 26.2 Å². The van der Waals surface area contributed by atoms with Gasteiger partial charge in [0.05, 0.1) is 12.1 Å². The van der Waals surface area contributed by atoms with Crippen LogP contribution in [0.3, 0.4) is 0 Å². The molecule has 6 nitrogen and oxygen atoms in total. The minimum Gasteiger partial charge on any atom is -0.375 e. The number of piperazine rings is 1. The number of nitrogens with two attached hydrogens (primary N) is 1. The van der Waals surface area contributed by atoms with Crippen LogP contribution in [0.5, 0.6) is 0 Å². The number of hydrogen-bond acceptors (Lipinski definition) is 4. The fraction of sp³-hybridized carbons (Fsp3) is 0.650. The molecule has 27 heavy (non-hydrogen) atoms. The zero-order chi connectivity index (χ0) is 18.9. The van der Waals surface area contributed by atoms with E-state index < -0.39 is 0 Å². The second kappa shape index (κ2) is 7.64. The van der Waals surface area contributed by atoms with Crippen molar-refractivity contribution in [2.24, 2.45) is 10.7 Å². The number of hydrogen-bond donors (Lipinski definition) is 1. The Morgan fingerprint density at radius 3 is 2.67 bits per heavy atom. The van der Waals surface area contributed by atoms with Crippen LogP contribution in [0, 0.1) is 5.82 Å². The van der Waals surface area contributed by atoms with Crippen molar-refractivity contribution in [3.05, 3.63) is 30.1 Å². The molecule has 0 amide bonds. The van der Waals surface area contributed by atoms with Gasteiger partial charge in [0.1, 0.15) is 11.4 Å². The van der Waals surface area contributed by atoms with Gasteiger partial charge in [-0.2, -0.15) is 0 Å². The van der Waals surface area contributed by atoms with Crippen LogP contribution >= 0.6 is 0 Å². The topological polar surface area (TPSA) is 63.3 Å². The number of benzene rings is 1. The SMILES string of the molecule is CCOC1CC(N=C(N)N2CCN(c3ccc(F)cc3)CC2)C12CCCO2. The highest BCUT2D eigenvalue weighted by Crippen LogP contribution is 2.47. The number of aliphatic imine (C=N–C) groups is 1. The monoisotopic (exact) mass is 376 g/mol. The van der Waals surface area contributed by atoms with Gasteiger partial charge in [-0.1, -0.05) is 0 Å². The molecule has 2 heterocycles. The van der Waals surface area contributed by atoms with E-state index in [2.05, 4.69) is 9.80 Å². The Bertz CT molecular complexity index is 667. The largest absolute Gasteiger partial charge is 0.375 e. The minimum absolute atomic E-state index is 0.0895. The molecule has 3 unspecified atom stereocenters. The van der Waals surface area contributed by atoms with Crippen LogP contribution in [0.15, 0.2) is 29.3 Å². The molecule has 1 aromatic rings. The van der Waals surface area contributed by atoms with Gasteiger partial charge in [-0.15, -0.1) is 0 Å². The second-order valence-electron chi connectivity index (χ2n) is 7.54. The first-order valence-electron chi connectivity index (χ1n) is 9.96. The third-order valence-electron chi connectivity index (χ3n) is 6.08. The maximum atomic E-state index is 13.1. The Kier molecular flexibility index (Phi) is 5.23. The van der Waals surface area contributed by atoms with Gasteiger partial charge in [0.2, 0.25) is 0 Å². The Morgan fingerprint density at radius 2 is 2.04 bits per heavy atom. The van der Waals surface area contributed by atoms with Gasteiger partial charge in [-0.3, -0.25) is 0 Å². The van der Waals surface area contributed by atoms with Gasteiger partial charge in [0.25, 0.3) is 0 Å². The average molecular weight is 376 g/mol. The quantitative estimate of drug-likeness (QED) is 0.643. The molecule has 1 aliphatic carbocycles. The molecule has 7 heteroatoms. The predicted octanol–water partition coefficient (Wildman–Crippen LogP) is 1.99. The summed E-state index contributed by atoms with van der Waals surface area (Å²) in [7, 11) is 0. The molecular weight excluding hydrogens is 347 g/mol. The van der Waals surface area contributed by atoms with Crippen molar-refractivity contribution in [3.63, 3.8) is 0 Å². The Balaban J connectivity index is 1.36. The Morgan fingerprint density at radius 1 is 1.30 bits per heavy atom. The number of rotatable bonds is 4. The lowest BCUT2D eigenvalue weighted by Crippen LogP contribution is -2.64. The van der Waals surface area contributed by atoms with Crippen LogP contribution < -0.4 is 10.6 Å². The normalized spacial score (nSPS) is 31.4. The van der Waals surface area contributed by atoms with E-state index in [1.807, 2.05) is 19.1 Å². The maximum Gasteiger partial charge on any atom is 0.191 e. The van der Waals surface area contributed by atoms with Crippen LogP contribution in [-0.4, -0.2) is 68.0 Å². The summed E-state index contributed by atoms with van der Waals surface area (Å²) in [5.74, 6) is 0.395. The number of halogens is 1. The van der Waals surface area contributed by atoms with Crippen LogP contribution in [0.2, 0.25) is 0 Å². The minimum atomic E-state index is -0.267. The number of nitrogens with zero attached hydrogens (tertiary/aromatic N) is 3. The summed E-state index contributed by atoms with van der Waals surface area (Å²) in [6.07, 6.45) is 3.08. The molecule has 148 valence electrons. The van der Waals surface area contributed by atoms with Crippen LogP contribution in [0.4, 0.5) is 10.1 Å². The van der Waals surface area contributed by atoms with Crippen LogP contribution in [0.25, 0.3) is 0 Å². The first-order chi connectivity index (χ1) is 13.1. The standard InChI is InChI=1S/C20H29FN4O2/c1-2-26-18-14-17(20(18)8-3-13-27-20)23-19(22)25-11-9-24(10-12-25)16-6-4-15(21)5-7-16/h4-7,17-18H,2-3,8-14H2,1H3,(H2,22,23). The highest BCUT2D eigenvalue weighted by atomic mass is 19.1. The van der Waals surface area contributed by atoms with E-state index in [4.69, 9.17) is 20.2 Å². The van der Waals surface area contributed by atoms with E-state index in [1.54, 1.807) is 0 Å². The third kappa shape index (κ3) is 3.50. The highest BCUT2D eigenvalue weighted by molar-refractivity contribution is 5.79. The summed E-state index contributed by atoms with van der Waals surface area (Å²) >= 11 is 0. The number of anilines is 1. The number of ether oxygens (including phenoxy) is 2. The summed E-state index contributed by atoms with van der Waals surface area (Å²) in [6, 6.07) is 6.75. The lowest BCUT2D eigenvalue weighted by atomic mass is 9.70. The molecule has 2 saturated heterocycles. The van der Waals surface area contributed by atoms with Crippen LogP contribution in [-0.2, 0) is 9.47 Å². The maximum absolute atomic E-state index is 13.1. The van der Waals surface area contributed by atoms with E-state index in [9.17, 15) is 4.39 Å². The molecule has 1 saturated carbocycles. The van der Waals surface area contributed by atoms with Crippen molar-refractivity contribution < 1.29 is 13.9 Å². The van der Waals surface area contributed by atoms with Crippen molar-refractivity contribution in [2.75, 3.05) is 44.3 Å². The Labute approximate surface area is 160 Å². The summed E-state index contributed by atoms with van der Waals surface area (Å²) in [5, 5.41) is 0. The second-order valence-corrected chi connectivity index (χ2v) is 7.54. The molecule has 4 rings (SSSR count). The van der Waals surface area contributed by atoms with Gasteiger partial charge in [0.15, 0.2) is 5.96 Å². The van der Waals surface area contributed by atoms with Crippen molar-refractivity contribution >= 4 is 11.6 Å².